The predicted molar refractivity (Wildman–Crippen MR) is 82.5 cm³/mol. The number of nitrogens with one attached hydrogen (secondary N) is 1. The lowest BCUT2D eigenvalue weighted by atomic mass is 10.1. The highest BCUT2D eigenvalue weighted by Gasteiger charge is 2.20. The summed E-state index contributed by atoms with van der Waals surface area (Å²) in [6.07, 6.45) is 0. The molecule has 3 N–H and O–H groups in total. The Bertz CT molecular complexity index is 769. The molecule has 0 spiro atoms. The number of anilines is 1. The third kappa shape index (κ3) is 3.02. The topological polar surface area (TPSA) is 89.3 Å². The smallest absolute Gasteiger partial charge is 0.271 e. The maximum atomic E-state index is 12.3. The molecule has 106 valence electrons. The Morgan fingerprint density at radius 1 is 1.30 bits per heavy atom. The summed E-state index contributed by atoms with van der Waals surface area (Å²) in [4.78, 5) is 11.4. The van der Waals surface area contributed by atoms with E-state index in [9.17, 15) is 13.2 Å². The van der Waals surface area contributed by atoms with Crippen molar-refractivity contribution in [2.24, 2.45) is 5.73 Å². The molecule has 0 atom stereocenters. The second-order valence-corrected chi connectivity index (χ2v) is 8.40. The van der Waals surface area contributed by atoms with Crippen molar-refractivity contribution in [3.05, 3.63) is 45.2 Å². The van der Waals surface area contributed by atoms with Crippen molar-refractivity contribution in [3.63, 3.8) is 0 Å². The van der Waals surface area contributed by atoms with Crippen LogP contribution in [0.1, 0.15) is 15.9 Å². The summed E-state index contributed by atoms with van der Waals surface area (Å²) in [5.41, 5.74) is 6.25. The van der Waals surface area contributed by atoms with Gasteiger partial charge in [-0.05, 0) is 46.6 Å². The van der Waals surface area contributed by atoms with Gasteiger partial charge in [0.15, 0.2) is 0 Å². The Morgan fingerprint density at radius 2 is 2.00 bits per heavy atom. The largest absolute Gasteiger partial charge is 0.366 e. The van der Waals surface area contributed by atoms with Gasteiger partial charge < -0.3 is 5.73 Å². The van der Waals surface area contributed by atoms with Crippen LogP contribution < -0.4 is 10.5 Å². The molecule has 0 saturated carbocycles. The average molecular weight is 375 g/mol. The summed E-state index contributed by atoms with van der Waals surface area (Å²) >= 11 is 4.30. The number of sulfonamides is 1. The number of carbonyl (C=O) groups excluding carboxylic acids is 1. The Hall–Kier alpha value is -1.38. The van der Waals surface area contributed by atoms with Crippen LogP contribution in [-0.4, -0.2) is 14.3 Å². The number of hydrogen-bond donors (Lipinski definition) is 2. The van der Waals surface area contributed by atoms with E-state index in [1.807, 2.05) is 0 Å². The third-order valence-electron chi connectivity index (χ3n) is 2.59. The van der Waals surface area contributed by atoms with Gasteiger partial charge in [0.25, 0.3) is 15.9 Å². The summed E-state index contributed by atoms with van der Waals surface area (Å²) in [5.74, 6) is -0.682. The molecule has 0 aliphatic heterocycles. The van der Waals surface area contributed by atoms with Gasteiger partial charge in [-0.15, -0.1) is 11.3 Å². The standard InChI is InChI=1S/C12H11BrN2O3S2/c1-7-3-2-4-8(12(14)16)11(7)15-20(17,18)10-6-5-9(13)19-10/h2-6,15H,1H3,(H2,14,16). The zero-order valence-corrected chi connectivity index (χ0v) is 13.6. The first-order valence-corrected chi connectivity index (χ1v) is 8.58. The summed E-state index contributed by atoms with van der Waals surface area (Å²) in [6.45, 7) is 1.70. The van der Waals surface area contributed by atoms with Crippen LogP contribution in [0.5, 0.6) is 0 Å². The van der Waals surface area contributed by atoms with Crippen LogP contribution in [-0.2, 0) is 10.0 Å². The molecule has 0 unspecified atom stereocenters. The number of carbonyl (C=O) groups is 1. The van der Waals surface area contributed by atoms with Gasteiger partial charge in [-0.2, -0.15) is 0 Å². The number of primary amides is 1. The van der Waals surface area contributed by atoms with Crippen molar-refractivity contribution in [3.8, 4) is 0 Å². The molecule has 0 saturated heterocycles. The van der Waals surface area contributed by atoms with Gasteiger partial charge in [-0.3, -0.25) is 9.52 Å². The molecule has 2 aromatic rings. The van der Waals surface area contributed by atoms with E-state index in [0.29, 0.717) is 9.35 Å². The number of halogens is 1. The second-order valence-electron chi connectivity index (χ2n) is 4.03. The maximum Gasteiger partial charge on any atom is 0.271 e. The molecule has 0 radical (unpaired) electrons. The number of aryl methyl sites for hydroxylation is 1. The molecular formula is C12H11BrN2O3S2. The van der Waals surface area contributed by atoms with Crippen molar-refractivity contribution in [2.45, 2.75) is 11.1 Å². The van der Waals surface area contributed by atoms with Crippen LogP contribution in [0.4, 0.5) is 5.69 Å². The minimum absolute atomic E-state index is 0.143. The lowest BCUT2D eigenvalue weighted by molar-refractivity contribution is 0.100. The van der Waals surface area contributed by atoms with Gasteiger partial charge in [0, 0.05) is 0 Å². The van der Waals surface area contributed by atoms with E-state index in [1.165, 1.54) is 12.1 Å². The summed E-state index contributed by atoms with van der Waals surface area (Å²) in [6, 6.07) is 7.96. The molecule has 1 aromatic carbocycles. The fraction of sp³-hybridized carbons (Fsp3) is 0.0833. The average Bonchev–Trinajstić information content (AvgIpc) is 2.79. The van der Waals surface area contributed by atoms with Crippen molar-refractivity contribution in [2.75, 3.05) is 4.72 Å². The molecular weight excluding hydrogens is 364 g/mol. The first-order valence-electron chi connectivity index (χ1n) is 5.49. The summed E-state index contributed by atoms with van der Waals surface area (Å²) in [5, 5.41) is 0. The highest BCUT2D eigenvalue weighted by atomic mass is 79.9. The lowest BCUT2D eigenvalue weighted by Crippen LogP contribution is -2.19. The molecule has 8 heteroatoms. The fourth-order valence-electron chi connectivity index (χ4n) is 1.64. The van der Waals surface area contributed by atoms with E-state index in [1.54, 1.807) is 25.1 Å². The van der Waals surface area contributed by atoms with Crippen molar-refractivity contribution in [1.82, 2.24) is 0 Å². The highest BCUT2D eigenvalue weighted by molar-refractivity contribution is 9.11. The molecule has 0 bridgehead atoms. The van der Waals surface area contributed by atoms with Crippen LogP contribution in [0.2, 0.25) is 0 Å². The summed E-state index contributed by atoms with van der Waals surface area (Å²) < 4.78 is 27.8. The Labute approximate surface area is 129 Å². The molecule has 0 fully saturated rings. The van der Waals surface area contributed by atoms with Crippen LogP contribution in [0.15, 0.2) is 38.3 Å². The fourth-order valence-corrected chi connectivity index (χ4v) is 4.80. The number of thiophene rings is 1. The van der Waals surface area contributed by atoms with E-state index in [2.05, 4.69) is 20.7 Å². The quantitative estimate of drug-likeness (QED) is 0.861. The number of benzene rings is 1. The van der Waals surface area contributed by atoms with E-state index in [4.69, 9.17) is 5.73 Å². The molecule has 0 aliphatic carbocycles. The van der Waals surface area contributed by atoms with Gasteiger partial charge in [-0.25, -0.2) is 8.42 Å². The van der Waals surface area contributed by atoms with Crippen molar-refractivity contribution < 1.29 is 13.2 Å². The van der Waals surface area contributed by atoms with E-state index in [0.717, 1.165) is 11.3 Å². The molecule has 20 heavy (non-hydrogen) atoms. The monoisotopic (exact) mass is 374 g/mol. The zero-order valence-electron chi connectivity index (χ0n) is 10.4. The number of para-hydroxylation sites is 1. The molecule has 5 nitrogen and oxygen atoms in total. The molecule has 1 heterocycles. The second kappa shape index (κ2) is 5.55. The minimum Gasteiger partial charge on any atom is -0.366 e. The molecule has 0 aliphatic rings. The number of hydrogen-bond acceptors (Lipinski definition) is 4. The van der Waals surface area contributed by atoms with Crippen LogP contribution >= 0.6 is 27.3 Å². The van der Waals surface area contributed by atoms with Gasteiger partial charge in [0.05, 0.1) is 15.0 Å². The van der Waals surface area contributed by atoms with E-state index < -0.39 is 15.9 Å². The van der Waals surface area contributed by atoms with Gasteiger partial charge in [0.2, 0.25) is 0 Å². The minimum atomic E-state index is -3.74. The lowest BCUT2D eigenvalue weighted by Gasteiger charge is -2.12. The maximum absolute atomic E-state index is 12.3. The van der Waals surface area contributed by atoms with Gasteiger partial charge in [0.1, 0.15) is 4.21 Å². The number of amides is 1. The summed E-state index contributed by atoms with van der Waals surface area (Å²) in [7, 11) is -3.74. The molecule has 1 amide bonds. The number of rotatable bonds is 4. The first-order chi connectivity index (χ1) is 9.31. The molecule has 1 aromatic heterocycles. The van der Waals surface area contributed by atoms with Crippen molar-refractivity contribution >= 4 is 48.9 Å². The SMILES string of the molecule is Cc1cccc(C(N)=O)c1NS(=O)(=O)c1ccc(Br)s1. The Kier molecular flexibility index (Phi) is 4.17. The van der Waals surface area contributed by atoms with Gasteiger partial charge >= 0.3 is 0 Å². The predicted octanol–water partition coefficient (Wildman–Crippen LogP) is 2.72. The van der Waals surface area contributed by atoms with Crippen LogP contribution in [0.25, 0.3) is 0 Å². The van der Waals surface area contributed by atoms with Crippen LogP contribution in [0, 0.1) is 6.92 Å². The van der Waals surface area contributed by atoms with E-state index >= 15 is 0 Å². The van der Waals surface area contributed by atoms with Gasteiger partial charge in [-0.1, -0.05) is 12.1 Å². The number of nitrogens with two attached hydrogens (primary N) is 1. The Balaban J connectivity index is 2.47. The van der Waals surface area contributed by atoms with E-state index in [-0.39, 0.29) is 15.5 Å². The first kappa shape index (κ1) is 15.0. The Morgan fingerprint density at radius 3 is 2.55 bits per heavy atom. The molecule has 2 rings (SSSR count). The zero-order chi connectivity index (χ0) is 14.9. The third-order valence-corrected chi connectivity index (χ3v) is 6.05. The van der Waals surface area contributed by atoms with Crippen LogP contribution in [0.3, 0.4) is 0 Å². The normalized spacial score (nSPS) is 11.3. The van der Waals surface area contributed by atoms with Crippen molar-refractivity contribution in [1.29, 1.82) is 0 Å². The highest BCUT2D eigenvalue weighted by Crippen LogP contribution is 2.29.